The molecule has 106 valence electrons. The molecule has 0 N–H and O–H groups in total. The van der Waals surface area contributed by atoms with Crippen molar-refractivity contribution < 1.29 is 9.53 Å². The second kappa shape index (κ2) is 6.40. The van der Waals surface area contributed by atoms with Gasteiger partial charge >= 0.3 is 5.97 Å². The zero-order chi connectivity index (χ0) is 14.5. The molecule has 0 aromatic heterocycles. The lowest BCUT2D eigenvalue weighted by Gasteiger charge is -2.39. The number of piperazine rings is 1. The van der Waals surface area contributed by atoms with E-state index in [2.05, 4.69) is 27.5 Å². The van der Waals surface area contributed by atoms with Gasteiger partial charge in [-0.25, -0.2) is 4.79 Å². The van der Waals surface area contributed by atoms with Crippen molar-refractivity contribution >= 4 is 11.7 Å². The first-order valence-electron chi connectivity index (χ1n) is 6.70. The van der Waals surface area contributed by atoms with E-state index < -0.39 is 0 Å². The Morgan fingerprint density at radius 3 is 2.65 bits per heavy atom. The van der Waals surface area contributed by atoms with Crippen LogP contribution in [-0.4, -0.2) is 50.2 Å². The Balaban J connectivity index is 2.03. The summed E-state index contributed by atoms with van der Waals surface area (Å²) < 4.78 is 4.69. The molecule has 20 heavy (non-hydrogen) atoms. The minimum atomic E-state index is -0.316. The van der Waals surface area contributed by atoms with E-state index in [0.717, 1.165) is 25.3 Å². The lowest BCUT2D eigenvalue weighted by atomic mass is 10.1. The highest BCUT2D eigenvalue weighted by Gasteiger charge is 2.23. The van der Waals surface area contributed by atoms with Crippen LogP contribution in [0.2, 0.25) is 0 Å². The van der Waals surface area contributed by atoms with E-state index in [9.17, 15) is 4.79 Å². The zero-order valence-electron chi connectivity index (χ0n) is 11.9. The highest BCUT2D eigenvalue weighted by molar-refractivity contribution is 5.89. The van der Waals surface area contributed by atoms with E-state index in [4.69, 9.17) is 5.26 Å². The molecule has 0 radical (unpaired) electrons. The smallest absolute Gasteiger partial charge is 0.337 e. The van der Waals surface area contributed by atoms with Crippen LogP contribution in [0.1, 0.15) is 17.3 Å². The van der Waals surface area contributed by atoms with Crippen LogP contribution in [0.3, 0.4) is 0 Å². The molecular formula is C15H19N3O2. The fraction of sp³-hybridized carbons (Fsp3) is 0.467. The summed E-state index contributed by atoms with van der Waals surface area (Å²) in [4.78, 5) is 15.9. The molecule has 5 heteroatoms. The summed E-state index contributed by atoms with van der Waals surface area (Å²) in [6.45, 7) is 5.28. The molecule has 1 heterocycles. The molecule has 1 aromatic rings. The molecule has 0 amide bonds. The quantitative estimate of drug-likeness (QED) is 0.617. The van der Waals surface area contributed by atoms with E-state index in [1.54, 1.807) is 12.1 Å². The number of carbonyl (C=O) groups is 1. The Hall–Kier alpha value is -2.06. The van der Waals surface area contributed by atoms with Crippen molar-refractivity contribution in [2.75, 3.05) is 38.2 Å². The van der Waals surface area contributed by atoms with Gasteiger partial charge in [-0.1, -0.05) is 0 Å². The molecule has 1 aliphatic rings. The van der Waals surface area contributed by atoms with Crippen molar-refractivity contribution in [2.45, 2.75) is 13.0 Å². The van der Waals surface area contributed by atoms with E-state index in [1.807, 2.05) is 12.1 Å². The fourth-order valence-electron chi connectivity index (χ4n) is 2.48. The van der Waals surface area contributed by atoms with E-state index in [0.29, 0.717) is 18.2 Å². The minimum absolute atomic E-state index is 0.316. The van der Waals surface area contributed by atoms with Gasteiger partial charge in [0.25, 0.3) is 0 Å². The first-order valence-corrected chi connectivity index (χ1v) is 6.70. The Morgan fingerprint density at radius 1 is 1.40 bits per heavy atom. The molecule has 5 nitrogen and oxygen atoms in total. The van der Waals surface area contributed by atoms with Crippen LogP contribution in [0.5, 0.6) is 0 Å². The molecule has 1 atom stereocenters. The predicted molar refractivity (Wildman–Crippen MR) is 76.6 cm³/mol. The molecule has 1 saturated heterocycles. The van der Waals surface area contributed by atoms with E-state index >= 15 is 0 Å². The van der Waals surface area contributed by atoms with Crippen LogP contribution in [0, 0.1) is 11.3 Å². The zero-order valence-corrected chi connectivity index (χ0v) is 11.9. The first kappa shape index (κ1) is 14.4. The Kier molecular flexibility index (Phi) is 4.59. The number of anilines is 1. The molecule has 0 saturated carbocycles. The number of rotatable bonds is 3. The number of nitrogens with zero attached hydrogens (tertiary/aromatic N) is 3. The summed E-state index contributed by atoms with van der Waals surface area (Å²) >= 11 is 0. The van der Waals surface area contributed by atoms with Crippen molar-refractivity contribution in [1.82, 2.24) is 4.90 Å². The molecule has 1 unspecified atom stereocenters. The molecule has 1 fully saturated rings. The summed E-state index contributed by atoms with van der Waals surface area (Å²) in [6.07, 6.45) is 0. The van der Waals surface area contributed by atoms with Crippen LogP contribution in [-0.2, 0) is 4.74 Å². The number of hydrogen-bond donors (Lipinski definition) is 0. The second-order valence-electron chi connectivity index (χ2n) is 4.96. The van der Waals surface area contributed by atoms with Crippen molar-refractivity contribution in [2.24, 2.45) is 0 Å². The second-order valence-corrected chi connectivity index (χ2v) is 4.96. The Bertz CT molecular complexity index is 507. The van der Waals surface area contributed by atoms with Crippen molar-refractivity contribution in [3.63, 3.8) is 0 Å². The largest absolute Gasteiger partial charge is 0.465 e. The molecule has 1 aromatic carbocycles. The monoisotopic (exact) mass is 273 g/mol. The molecule has 0 spiro atoms. The average molecular weight is 273 g/mol. The van der Waals surface area contributed by atoms with Crippen molar-refractivity contribution in [3.05, 3.63) is 29.8 Å². The SMILES string of the molecule is COC(=O)c1ccc(N2CCN(CC#N)C(C)C2)cc1. The van der Waals surface area contributed by atoms with Crippen molar-refractivity contribution in [3.8, 4) is 6.07 Å². The topological polar surface area (TPSA) is 56.6 Å². The van der Waals surface area contributed by atoms with Crippen LogP contribution >= 0.6 is 0 Å². The third-order valence-electron chi connectivity index (χ3n) is 3.69. The fourth-order valence-corrected chi connectivity index (χ4v) is 2.48. The summed E-state index contributed by atoms with van der Waals surface area (Å²) in [6, 6.07) is 10.0. The maximum absolute atomic E-state index is 11.4. The summed E-state index contributed by atoms with van der Waals surface area (Å²) in [5.41, 5.74) is 1.66. The lowest BCUT2D eigenvalue weighted by molar-refractivity contribution is 0.0601. The lowest BCUT2D eigenvalue weighted by Crippen LogP contribution is -2.52. The summed E-state index contributed by atoms with van der Waals surface area (Å²) in [5, 5.41) is 8.78. The van der Waals surface area contributed by atoms with Crippen LogP contribution in [0.4, 0.5) is 5.69 Å². The maximum Gasteiger partial charge on any atom is 0.337 e. The van der Waals surface area contributed by atoms with Gasteiger partial charge in [0.2, 0.25) is 0 Å². The van der Waals surface area contributed by atoms with Crippen LogP contribution in [0.15, 0.2) is 24.3 Å². The Morgan fingerprint density at radius 2 is 2.10 bits per heavy atom. The number of esters is 1. The summed E-state index contributed by atoms with van der Waals surface area (Å²) in [5.74, 6) is -0.316. The van der Waals surface area contributed by atoms with Crippen LogP contribution < -0.4 is 4.90 Å². The maximum atomic E-state index is 11.4. The van der Waals surface area contributed by atoms with Gasteiger partial charge in [0.1, 0.15) is 0 Å². The third kappa shape index (κ3) is 3.09. The van der Waals surface area contributed by atoms with Gasteiger partial charge in [0.15, 0.2) is 0 Å². The highest BCUT2D eigenvalue weighted by Crippen LogP contribution is 2.20. The van der Waals surface area contributed by atoms with Crippen molar-refractivity contribution in [1.29, 1.82) is 5.26 Å². The van der Waals surface area contributed by atoms with Gasteiger partial charge in [-0.15, -0.1) is 0 Å². The number of methoxy groups -OCH3 is 1. The first-order chi connectivity index (χ1) is 9.65. The van der Waals surface area contributed by atoms with Gasteiger partial charge in [0, 0.05) is 31.4 Å². The molecular weight excluding hydrogens is 254 g/mol. The van der Waals surface area contributed by atoms with Gasteiger partial charge in [-0.2, -0.15) is 5.26 Å². The van der Waals surface area contributed by atoms with Gasteiger partial charge in [0.05, 0.1) is 25.3 Å². The number of ether oxygens (including phenoxy) is 1. The van der Waals surface area contributed by atoms with Gasteiger partial charge in [-0.3, -0.25) is 4.90 Å². The molecule has 0 bridgehead atoms. The normalized spacial score (nSPS) is 19.4. The third-order valence-corrected chi connectivity index (χ3v) is 3.69. The highest BCUT2D eigenvalue weighted by atomic mass is 16.5. The molecule has 0 aliphatic carbocycles. The average Bonchev–Trinajstić information content (AvgIpc) is 2.49. The summed E-state index contributed by atoms with van der Waals surface area (Å²) in [7, 11) is 1.38. The number of nitriles is 1. The standard InChI is InChI=1S/C15H19N3O2/c1-12-11-18(10-9-17(12)8-7-16)14-5-3-13(4-6-14)15(19)20-2/h3-6,12H,8-11H2,1-2H3. The predicted octanol–water partition coefficient (Wildman–Crippen LogP) is 1.51. The molecule has 2 rings (SSSR count). The van der Waals surface area contributed by atoms with Gasteiger partial charge in [-0.05, 0) is 31.2 Å². The van der Waals surface area contributed by atoms with E-state index in [1.165, 1.54) is 7.11 Å². The van der Waals surface area contributed by atoms with E-state index in [-0.39, 0.29) is 5.97 Å². The van der Waals surface area contributed by atoms with Crippen LogP contribution in [0.25, 0.3) is 0 Å². The number of carbonyl (C=O) groups excluding carboxylic acids is 1. The Labute approximate surface area is 119 Å². The molecule has 1 aliphatic heterocycles. The van der Waals surface area contributed by atoms with Gasteiger partial charge < -0.3 is 9.64 Å². The number of benzene rings is 1. The number of hydrogen-bond acceptors (Lipinski definition) is 5. The minimum Gasteiger partial charge on any atom is -0.465 e.